The number of carbonyl (C=O) groups is 2. The number of hydrogen-bond acceptors (Lipinski definition) is 4. The van der Waals surface area contributed by atoms with E-state index in [1.165, 1.54) is 6.07 Å². The highest BCUT2D eigenvalue weighted by molar-refractivity contribution is 7.12. The molecule has 0 aromatic carbocycles. The standard InChI is InChI=1S/C15H18F2N2O3S/c16-15(17)22-11-5-7-23-12(11)14(21)19-6-1-2-9(8-19)13(20)18-10-3-4-10/h5,7,9-10,15H,1-4,6,8H2,(H,18,20)/t9-/m1/s1. The number of halogens is 2. The van der Waals surface area contributed by atoms with Gasteiger partial charge in [-0.2, -0.15) is 8.78 Å². The van der Waals surface area contributed by atoms with Crippen molar-refractivity contribution in [2.24, 2.45) is 5.92 Å². The number of piperidine rings is 1. The van der Waals surface area contributed by atoms with Crippen molar-refractivity contribution in [3.63, 3.8) is 0 Å². The van der Waals surface area contributed by atoms with Gasteiger partial charge >= 0.3 is 6.61 Å². The van der Waals surface area contributed by atoms with Crippen molar-refractivity contribution in [2.75, 3.05) is 13.1 Å². The molecule has 5 nitrogen and oxygen atoms in total. The second-order valence-corrected chi connectivity index (χ2v) is 6.78. The average Bonchev–Trinajstić information content (AvgIpc) is 3.23. The molecular formula is C15H18F2N2O3S. The number of carbonyl (C=O) groups excluding carboxylic acids is 2. The van der Waals surface area contributed by atoms with Gasteiger partial charge in [0.25, 0.3) is 5.91 Å². The van der Waals surface area contributed by atoms with Crippen LogP contribution < -0.4 is 10.1 Å². The quantitative estimate of drug-likeness (QED) is 0.893. The van der Waals surface area contributed by atoms with Crippen LogP contribution in [-0.4, -0.2) is 42.5 Å². The monoisotopic (exact) mass is 344 g/mol. The van der Waals surface area contributed by atoms with E-state index in [0.29, 0.717) is 13.1 Å². The largest absolute Gasteiger partial charge is 0.433 e. The second-order valence-electron chi connectivity index (χ2n) is 5.87. The summed E-state index contributed by atoms with van der Waals surface area (Å²) >= 11 is 1.07. The lowest BCUT2D eigenvalue weighted by Gasteiger charge is -2.32. The van der Waals surface area contributed by atoms with Crippen LogP contribution in [0.2, 0.25) is 0 Å². The number of alkyl halides is 2. The Morgan fingerprint density at radius 3 is 2.83 bits per heavy atom. The molecule has 0 spiro atoms. The number of nitrogens with zero attached hydrogens (tertiary/aromatic N) is 1. The van der Waals surface area contributed by atoms with E-state index in [-0.39, 0.29) is 34.4 Å². The number of amides is 2. The first-order valence-electron chi connectivity index (χ1n) is 7.66. The zero-order valence-electron chi connectivity index (χ0n) is 12.5. The van der Waals surface area contributed by atoms with Crippen molar-refractivity contribution >= 4 is 23.2 Å². The average molecular weight is 344 g/mol. The smallest absolute Gasteiger partial charge is 0.387 e. The van der Waals surface area contributed by atoms with Crippen molar-refractivity contribution in [1.29, 1.82) is 0 Å². The molecule has 3 rings (SSSR count). The molecule has 23 heavy (non-hydrogen) atoms. The van der Waals surface area contributed by atoms with E-state index in [1.54, 1.807) is 10.3 Å². The molecule has 1 N–H and O–H groups in total. The van der Waals surface area contributed by atoms with Crippen LogP contribution in [0.4, 0.5) is 8.78 Å². The minimum absolute atomic E-state index is 0.0137. The molecule has 1 aliphatic carbocycles. The van der Waals surface area contributed by atoms with Crippen LogP contribution >= 0.6 is 11.3 Å². The lowest BCUT2D eigenvalue weighted by atomic mass is 9.97. The van der Waals surface area contributed by atoms with E-state index in [1.807, 2.05) is 0 Å². The fourth-order valence-electron chi connectivity index (χ4n) is 2.71. The number of thiophene rings is 1. The molecule has 8 heteroatoms. The predicted octanol–water partition coefficient (Wildman–Crippen LogP) is 2.48. The first-order chi connectivity index (χ1) is 11.0. The summed E-state index contributed by atoms with van der Waals surface area (Å²) in [5.74, 6) is -0.688. The summed E-state index contributed by atoms with van der Waals surface area (Å²) in [5.41, 5.74) is 0. The molecule has 2 heterocycles. The Morgan fingerprint density at radius 1 is 1.35 bits per heavy atom. The van der Waals surface area contributed by atoms with E-state index in [2.05, 4.69) is 10.1 Å². The first-order valence-corrected chi connectivity index (χ1v) is 8.54. The van der Waals surface area contributed by atoms with E-state index in [0.717, 1.165) is 37.0 Å². The van der Waals surface area contributed by atoms with Gasteiger partial charge in [-0.1, -0.05) is 0 Å². The lowest BCUT2D eigenvalue weighted by Crippen LogP contribution is -2.45. The maximum atomic E-state index is 12.5. The maximum absolute atomic E-state index is 12.5. The minimum Gasteiger partial charge on any atom is -0.433 e. The van der Waals surface area contributed by atoms with Crippen LogP contribution in [0.15, 0.2) is 11.4 Å². The molecule has 0 unspecified atom stereocenters. The Balaban J connectivity index is 1.64. The third kappa shape index (κ3) is 3.99. The molecule has 1 aromatic heterocycles. The number of nitrogens with one attached hydrogen (secondary N) is 1. The summed E-state index contributed by atoms with van der Waals surface area (Å²) in [6.45, 7) is -2.11. The molecule has 0 bridgehead atoms. The van der Waals surface area contributed by atoms with E-state index in [4.69, 9.17) is 0 Å². The fourth-order valence-corrected chi connectivity index (χ4v) is 3.50. The summed E-state index contributed by atoms with van der Waals surface area (Å²) < 4.78 is 29.1. The van der Waals surface area contributed by atoms with Crippen molar-refractivity contribution in [2.45, 2.75) is 38.3 Å². The number of rotatable bonds is 5. The van der Waals surface area contributed by atoms with Crippen molar-refractivity contribution in [3.8, 4) is 5.75 Å². The van der Waals surface area contributed by atoms with Crippen LogP contribution in [0.25, 0.3) is 0 Å². The predicted molar refractivity (Wildman–Crippen MR) is 80.7 cm³/mol. The zero-order valence-corrected chi connectivity index (χ0v) is 13.3. The van der Waals surface area contributed by atoms with Gasteiger partial charge in [0.05, 0.1) is 5.92 Å². The molecule has 0 radical (unpaired) electrons. The second kappa shape index (κ2) is 6.82. The van der Waals surface area contributed by atoms with Crippen LogP contribution in [0, 0.1) is 5.92 Å². The zero-order chi connectivity index (χ0) is 16.4. The highest BCUT2D eigenvalue weighted by Crippen LogP contribution is 2.30. The Kier molecular flexibility index (Phi) is 4.79. The number of likely N-dealkylation sites (tertiary alicyclic amines) is 1. The van der Waals surface area contributed by atoms with Crippen molar-refractivity contribution in [3.05, 3.63) is 16.3 Å². The first kappa shape index (κ1) is 16.2. The Bertz CT molecular complexity index is 589. The molecule has 2 amide bonds. The molecule has 1 aliphatic heterocycles. The third-order valence-electron chi connectivity index (χ3n) is 4.04. The van der Waals surface area contributed by atoms with Gasteiger partial charge < -0.3 is 15.0 Å². The molecule has 126 valence electrons. The van der Waals surface area contributed by atoms with Crippen LogP contribution in [-0.2, 0) is 4.79 Å². The molecule has 2 fully saturated rings. The van der Waals surface area contributed by atoms with Crippen LogP contribution in [0.5, 0.6) is 5.75 Å². The molecule has 1 saturated carbocycles. The van der Waals surface area contributed by atoms with Gasteiger partial charge in [0.15, 0.2) is 0 Å². The van der Waals surface area contributed by atoms with E-state index >= 15 is 0 Å². The highest BCUT2D eigenvalue weighted by Gasteiger charge is 2.33. The van der Waals surface area contributed by atoms with Gasteiger partial charge in [-0.05, 0) is 37.1 Å². The van der Waals surface area contributed by atoms with E-state index < -0.39 is 6.61 Å². The third-order valence-corrected chi connectivity index (χ3v) is 4.93. The van der Waals surface area contributed by atoms with Gasteiger partial charge in [0, 0.05) is 19.1 Å². The molecule has 2 aliphatic rings. The molecule has 1 aromatic rings. The Hall–Kier alpha value is -1.70. The number of ether oxygens (including phenoxy) is 1. The van der Waals surface area contributed by atoms with Gasteiger partial charge in [-0.15, -0.1) is 11.3 Å². The summed E-state index contributed by atoms with van der Waals surface area (Å²) in [5, 5.41) is 4.50. The fraction of sp³-hybridized carbons (Fsp3) is 0.600. The maximum Gasteiger partial charge on any atom is 0.387 e. The van der Waals surface area contributed by atoms with Gasteiger partial charge in [-0.3, -0.25) is 9.59 Å². The van der Waals surface area contributed by atoms with Crippen molar-refractivity contribution < 1.29 is 23.1 Å². The SMILES string of the molecule is O=C(NC1CC1)[C@@H]1CCCN(C(=O)c2sccc2OC(F)F)C1. The highest BCUT2D eigenvalue weighted by atomic mass is 32.1. The number of hydrogen-bond donors (Lipinski definition) is 1. The summed E-state index contributed by atoms with van der Waals surface area (Å²) in [6, 6.07) is 1.66. The summed E-state index contributed by atoms with van der Waals surface area (Å²) in [7, 11) is 0. The normalized spacial score (nSPS) is 21.3. The van der Waals surface area contributed by atoms with E-state index in [9.17, 15) is 18.4 Å². The summed E-state index contributed by atoms with van der Waals surface area (Å²) in [4.78, 5) is 26.4. The van der Waals surface area contributed by atoms with Crippen LogP contribution in [0.1, 0.15) is 35.4 Å². The lowest BCUT2D eigenvalue weighted by molar-refractivity contribution is -0.126. The minimum atomic E-state index is -2.96. The van der Waals surface area contributed by atoms with Gasteiger partial charge in [0.1, 0.15) is 10.6 Å². The topological polar surface area (TPSA) is 58.6 Å². The Labute approximate surface area is 136 Å². The molecular weight excluding hydrogens is 326 g/mol. The van der Waals surface area contributed by atoms with Gasteiger partial charge in [-0.25, -0.2) is 0 Å². The van der Waals surface area contributed by atoms with Crippen LogP contribution in [0.3, 0.4) is 0 Å². The van der Waals surface area contributed by atoms with Crippen molar-refractivity contribution in [1.82, 2.24) is 10.2 Å². The summed E-state index contributed by atoms with van der Waals surface area (Å²) in [6.07, 6.45) is 3.51. The molecule has 1 saturated heterocycles. The Morgan fingerprint density at radius 2 is 2.13 bits per heavy atom. The van der Waals surface area contributed by atoms with Gasteiger partial charge in [0.2, 0.25) is 5.91 Å². The molecule has 1 atom stereocenters.